The molecule has 34 heavy (non-hydrogen) atoms. The minimum atomic E-state index is -1.27. The summed E-state index contributed by atoms with van der Waals surface area (Å²) >= 11 is 0. The highest BCUT2D eigenvalue weighted by Gasteiger charge is 2.42. The lowest BCUT2D eigenvalue weighted by Crippen LogP contribution is -2.45. The van der Waals surface area contributed by atoms with Crippen LogP contribution in [0.15, 0.2) is 30.0 Å². The van der Waals surface area contributed by atoms with Gasteiger partial charge in [0.2, 0.25) is 0 Å². The molecule has 0 amide bonds. The molecule has 1 fully saturated rings. The first-order valence-corrected chi connectivity index (χ1v) is 12.2. The van der Waals surface area contributed by atoms with E-state index < -0.39 is 41.2 Å². The molecule has 1 aromatic rings. The Labute approximate surface area is 203 Å². The van der Waals surface area contributed by atoms with Crippen molar-refractivity contribution in [3.8, 4) is 0 Å². The molecule has 0 bridgehead atoms. The topological polar surface area (TPSA) is 117 Å². The van der Waals surface area contributed by atoms with Gasteiger partial charge in [0.25, 0.3) is 0 Å². The van der Waals surface area contributed by atoms with Gasteiger partial charge in [-0.1, -0.05) is 40.2 Å². The van der Waals surface area contributed by atoms with E-state index in [4.69, 9.17) is 4.74 Å². The third-order valence-electron chi connectivity index (χ3n) is 7.18. The number of pyridine rings is 1. The fraction of sp³-hybridized carbons (Fsp3) is 0.667. The number of Topliss-reactive ketones (excluding diaryl/α,β-unsaturated/α-hetero) is 1. The molecule has 3 N–H and O–H groups in total. The SMILES string of the molecule is C/C(=C\c1ccccn1)C1CC(C)(O)CCCC(C)C(O)C(C)C(=O)C(C)(C)C(O)CC(=O)O1. The van der Waals surface area contributed by atoms with Crippen molar-refractivity contribution in [1.29, 1.82) is 0 Å². The Morgan fingerprint density at radius 1 is 1.18 bits per heavy atom. The lowest BCUT2D eigenvalue weighted by atomic mass is 9.73. The van der Waals surface area contributed by atoms with Crippen molar-refractivity contribution in [2.75, 3.05) is 0 Å². The van der Waals surface area contributed by atoms with Gasteiger partial charge in [0.05, 0.1) is 35.3 Å². The van der Waals surface area contributed by atoms with Crippen LogP contribution in [0.4, 0.5) is 0 Å². The molecule has 0 saturated carbocycles. The van der Waals surface area contributed by atoms with Crippen molar-refractivity contribution in [3.05, 3.63) is 35.7 Å². The Bertz CT molecular complexity index is 863. The van der Waals surface area contributed by atoms with Crippen LogP contribution in [0.2, 0.25) is 0 Å². The quantitative estimate of drug-likeness (QED) is 0.558. The van der Waals surface area contributed by atoms with E-state index in [-0.39, 0.29) is 24.5 Å². The molecule has 0 aromatic carbocycles. The number of cyclic esters (lactones) is 1. The van der Waals surface area contributed by atoms with Gasteiger partial charge in [-0.2, -0.15) is 0 Å². The summed E-state index contributed by atoms with van der Waals surface area (Å²) < 4.78 is 5.75. The monoisotopic (exact) mass is 475 g/mol. The van der Waals surface area contributed by atoms with Crippen molar-refractivity contribution in [2.45, 2.75) is 97.6 Å². The first-order chi connectivity index (χ1) is 15.7. The number of ether oxygens (including phenoxy) is 1. The molecule has 1 aliphatic heterocycles. The van der Waals surface area contributed by atoms with Crippen LogP contribution in [0.25, 0.3) is 6.08 Å². The molecule has 190 valence electrons. The summed E-state index contributed by atoms with van der Waals surface area (Å²) in [6, 6.07) is 5.50. The number of hydrogen-bond acceptors (Lipinski definition) is 7. The molecular weight excluding hydrogens is 434 g/mol. The molecule has 1 saturated heterocycles. The van der Waals surface area contributed by atoms with Crippen molar-refractivity contribution in [2.24, 2.45) is 17.3 Å². The molecule has 7 nitrogen and oxygen atoms in total. The van der Waals surface area contributed by atoms with Gasteiger partial charge >= 0.3 is 5.97 Å². The van der Waals surface area contributed by atoms with Crippen molar-refractivity contribution < 1.29 is 29.6 Å². The van der Waals surface area contributed by atoms with Crippen molar-refractivity contribution in [1.82, 2.24) is 4.98 Å². The Morgan fingerprint density at radius 2 is 1.85 bits per heavy atom. The maximum absolute atomic E-state index is 13.1. The molecule has 6 unspecified atom stereocenters. The maximum Gasteiger partial charge on any atom is 0.309 e. The summed E-state index contributed by atoms with van der Waals surface area (Å²) in [6.07, 6.45) is 2.14. The second kappa shape index (κ2) is 11.6. The van der Waals surface area contributed by atoms with E-state index >= 15 is 0 Å². The molecule has 2 rings (SSSR count). The Morgan fingerprint density at radius 3 is 2.47 bits per heavy atom. The number of carbonyl (C=O) groups excluding carboxylic acids is 2. The summed E-state index contributed by atoms with van der Waals surface area (Å²) in [6.45, 7) is 10.3. The third-order valence-corrected chi connectivity index (χ3v) is 7.18. The number of aromatic nitrogens is 1. The molecular formula is C27H41NO6. The number of hydrogen-bond donors (Lipinski definition) is 3. The molecule has 0 radical (unpaired) electrons. The summed E-state index contributed by atoms with van der Waals surface area (Å²) in [7, 11) is 0. The van der Waals surface area contributed by atoms with E-state index in [2.05, 4.69) is 4.98 Å². The van der Waals surface area contributed by atoms with Crippen molar-refractivity contribution >= 4 is 17.8 Å². The van der Waals surface area contributed by atoms with Gasteiger partial charge in [0.15, 0.2) is 0 Å². The van der Waals surface area contributed by atoms with Crippen molar-refractivity contribution in [3.63, 3.8) is 0 Å². The highest BCUT2D eigenvalue weighted by molar-refractivity contribution is 5.88. The highest BCUT2D eigenvalue weighted by atomic mass is 16.5. The fourth-order valence-electron chi connectivity index (χ4n) is 4.58. The van der Waals surface area contributed by atoms with Gasteiger partial charge in [-0.3, -0.25) is 14.6 Å². The predicted octanol–water partition coefficient (Wildman–Crippen LogP) is 3.70. The van der Waals surface area contributed by atoms with Crippen LogP contribution in [0.1, 0.15) is 79.3 Å². The van der Waals surface area contributed by atoms with E-state index in [9.17, 15) is 24.9 Å². The van der Waals surface area contributed by atoms with Crippen LogP contribution in [0.5, 0.6) is 0 Å². The average Bonchev–Trinajstić information content (AvgIpc) is 2.76. The predicted molar refractivity (Wildman–Crippen MR) is 131 cm³/mol. The minimum Gasteiger partial charge on any atom is -0.458 e. The standard InChI is InChI=1S/C27H41NO6/c1-17-10-9-12-27(6,33)16-21(18(2)14-20-11-7-8-13-28-20)34-23(30)15-22(29)26(4,5)25(32)19(3)24(17)31/h7-8,11,13-14,17,19,21-22,24,29,31,33H,9-10,12,15-16H2,1-6H3/b18-14+. The van der Waals surface area contributed by atoms with E-state index in [1.807, 2.05) is 38.1 Å². The van der Waals surface area contributed by atoms with Crippen LogP contribution < -0.4 is 0 Å². The second-order valence-electron chi connectivity index (χ2n) is 10.8. The van der Waals surface area contributed by atoms with E-state index in [1.54, 1.807) is 33.9 Å². The maximum atomic E-state index is 13.1. The molecule has 7 heteroatoms. The minimum absolute atomic E-state index is 0.160. The lowest BCUT2D eigenvalue weighted by molar-refractivity contribution is -0.155. The summed E-state index contributed by atoms with van der Waals surface area (Å²) in [5.41, 5.74) is -0.929. The largest absolute Gasteiger partial charge is 0.458 e. The lowest BCUT2D eigenvalue weighted by Gasteiger charge is -2.34. The van der Waals surface area contributed by atoms with E-state index in [0.717, 1.165) is 5.57 Å². The zero-order chi connectivity index (χ0) is 25.7. The highest BCUT2D eigenvalue weighted by Crippen LogP contribution is 2.33. The average molecular weight is 476 g/mol. The zero-order valence-electron chi connectivity index (χ0n) is 21.3. The number of nitrogens with zero attached hydrogens (tertiary/aromatic N) is 1. The molecule has 6 atom stereocenters. The Balaban J connectivity index is 2.37. The van der Waals surface area contributed by atoms with Crippen LogP contribution in [-0.2, 0) is 14.3 Å². The van der Waals surface area contributed by atoms with E-state index in [0.29, 0.717) is 25.0 Å². The number of rotatable bonds is 2. The summed E-state index contributed by atoms with van der Waals surface area (Å²) in [5, 5.41) is 32.7. The first-order valence-electron chi connectivity index (χ1n) is 12.2. The van der Waals surface area contributed by atoms with Crippen LogP contribution >= 0.6 is 0 Å². The molecule has 1 aliphatic rings. The Kier molecular flexibility index (Phi) is 9.57. The summed E-state index contributed by atoms with van der Waals surface area (Å²) in [5.74, 6) is -1.80. The van der Waals surface area contributed by atoms with Gasteiger partial charge in [-0.05, 0) is 56.4 Å². The molecule has 0 spiro atoms. The number of esters is 1. The van der Waals surface area contributed by atoms with Crippen LogP contribution in [0.3, 0.4) is 0 Å². The van der Waals surface area contributed by atoms with Gasteiger partial charge < -0.3 is 20.1 Å². The smallest absolute Gasteiger partial charge is 0.309 e. The van der Waals surface area contributed by atoms with Crippen LogP contribution in [-0.4, -0.2) is 56.0 Å². The number of aliphatic hydroxyl groups excluding tert-OH is 2. The molecule has 1 aromatic heterocycles. The van der Waals surface area contributed by atoms with Gasteiger partial charge in [-0.25, -0.2) is 0 Å². The van der Waals surface area contributed by atoms with Gasteiger partial charge in [0.1, 0.15) is 11.9 Å². The summed E-state index contributed by atoms with van der Waals surface area (Å²) in [4.78, 5) is 30.2. The number of carbonyl (C=O) groups is 2. The second-order valence-corrected chi connectivity index (χ2v) is 10.8. The van der Waals surface area contributed by atoms with E-state index in [1.165, 1.54) is 0 Å². The van der Waals surface area contributed by atoms with Gasteiger partial charge in [0, 0.05) is 18.5 Å². The third kappa shape index (κ3) is 7.45. The number of aliphatic hydroxyl groups is 3. The first kappa shape index (κ1) is 28.1. The molecule has 2 heterocycles. The normalized spacial score (nSPS) is 34.6. The number of ketones is 1. The zero-order valence-corrected chi connectivity index (χ0v) is 21.3. The molecule has 0 aliphatic carbocycles. The Hall–Kier alpha value is -2.09. The van der Waals surface area contributed by atoms with Crippen LogP contribution in [0, 0.1) is 17.3 Å². The van der Waals surface area contributed by atoms with Gasteiger partial charge in [-0.15, -0.1) is 0 Å². The fourth-order valence-corrected chi connectivity index (χ4v) is 4.58.